The first-order chi connectivity index (χ1) is 7.58. The number of nitrogens with zero attached hydrogens (tertiary/aromatic N) is 2. The average molecular weight is 217 g/mol. The first-order valence-electron chi connectivity index (χ1n) is 5.29. The molecule has 2 N–H and O–H groups in total. The van der Waals surface area contributed by atoms with E-state index in [4.69, 9.17) is 5.73 Å². The minimum Gasteiger partial charge on any atom is -0.326 e. The molecule has 2 aromatic rings. The summed E-state index contributed by atoms with van der Waals surface area (Å²) in [6, 6.07) is 5.62. The van der Waals surface area contributed by atoms with Crippen LogP contribution in [0.2, 0.25) is 0 Å². The van der Waals surface area contributed by atoms with Crippen LogP contribution in [0.1, 0.15) is 12.5 Å². The summed E-state index contributed by atoms with van der Waals surface area (Å²) in [6.45, 7) is 4.32. The summed E-state index contributed by atoms with van der Waals surface area (Å²) in [6.07, 6.45) is 1.56. The Hall–Kier alpha value is -1.68. The van der Waals surface area contributed by atoms with Gasteiger partial charge in [0.1, 0.15) is 0 Å². The number of benzene rings is 1. The molecule has 0 aliphatic heterocycles. The molecule has 16 heavy (non-hydrogen) atoms. The second-order valence-electron chi connectivity index (χ2n) is 4.20. The number of nitrogens with two attached hydrogens (primary N) is 1. The second kappa shape index (κ2) is 4.06. The number of aromatic nitrogens is 2. The smallest absolute Gasteiger partial charge is 0.261 e. The lowest BCUT2D eigenvalue weighted by molar-refractivity contribution is 0.570. The molecule has 0 aliphatic carbocycles. The SMILES string of the molecule is Cc1ccc2ncn(CC(C)N)c(=O)c2c1. The fourth-order valence-corrected chi connectivity index (χ4v) is 1.71. The summed E-state index contributed by atoms with van der Waals surface area (Å²) in [5, 5.41) is 0.656. The molecule has 0 saturated heterocycles. The maximum absolute atomic E-state index is 12.1. The summed E-state index contributed by atoms with van der Waals surface area (Å²) in [4.78, 5) is 16.3. The summed E-state index contributed by atoms with van der Waals surface area (Å²) in [5.74, 6) is 0. The molecular formula is C12H15N3O. The van der Waals surface area contributed by atoms with Crippen LogP contribution < -0.4 is 11.3 Å². The van der Waals surface area contributed by atoms with E-state index in [0.29, 0.717) is 11.9 Å². The number of hydrogen-bond donors (Lipinski definition) is 1. The maximum atomic E-state index is 12.1. The van der Waals surface area contributed by atoms with Gasteiger partial charge in [-0.2, -0.15) is 0 Å². The van der Waals surface area contributed by atoms with Gasteiger partial charge in [-0.05, 0) is 26.0 Å². The van der Waals surface area contributed by atoms with Crippen molar-refractivity contribution in [3.8, 4) is 0 Å². The van der Waals surface area contributed by atoms with Gasteiger partial charge in [-0.15, -0.1) is 0 Å². The zero-order valence-electron chi connectivity index (χ0n) is 9.47. The van der Waals surface area contributed by atoms with E-state index in [1.54, 1.807) is 10.9 Å². The molecule has 0 saturated carbocycles. The molecule has 0 bridgehead atoms. The van der Waals surface area contributed by atoms with Crippen molar-refractivity contribution < 1.29 is 0 Å². The first-order valence-corrected chi connectivity index (χ1v) is 5.29. The second-order valence-corrected chi connectivity index (χ2v) is 4.20. The van der Waals surface area contributed by atoms with Gasteiger partial charge in [0.2, 0.25) is 0 Å². The molecule has 1 unspecified atom stereocenters. The van der Waals surface area contributed by atoms with Crippen LogP contribution in [0, 0.1) is 6.92 Å². The highest BCUT2D eigenvalue weighted by molar-refractivity contribution is 5.77. The Bertz CT molecular complexity index is 572. The predicted octanol–water partition coefficient (Wildman–Crippen LogP) is 1.05. The lowest BCUT2D eigenvalue weighted by Gasteiger charge is -2.09. The summed E-state index contributed by atoms with van der Waals surface area (Å²) in [7, 11) is 0. The number of hydrogen-bond acceptors (Lipinski definition) is 3. The first kappa shape index (κ1) is 10.8. The molecule has 0 fully saturated rings. The van der Waals surface area contributed by atoms with Crippen molar-refractivity contribution in [2.75, 3.05) is 0 Å². The lowest BCUT2D eigenvalue weighted by Crippen LogP contribution is -2.30. The third kappa shape index (κ3) is 1.97. The standard InChI is InChI=1S/C12H15N3O/c1-8-3-4-11-10(5-8)12(16)15(7-14-11)6-9(2)13/h3-5,7,9H,6,13H2,1-2H3. The Labute approximate surface area is 93.7 Å². The van der Waals surface area contributed by atoms with E-state index in [1.807, 2.05) is 32.0 Å². The molecule has 0 aliphatic rings. The quantitative estimate of drug-likeness (QED) is 0.818. The van der Waals surface area contributed by atoms with E-state index in [2.05, 4.69) is 4.98 Å². The van der Waals surface area contributed by atoms with E-state index in [9.17, 15) is 4.79 Å². The fraction of sp³-hybridized carbons (Fsp3) is 0.333. The van der Waals surface area contributed by atoms with Gasteiger partial charge in [0.25, 0.3) is 5.56 Å². The molecule has 0 spiro atoms. The van der Waals surface area contributed by atoms with Gasteiger partial charge in [-0.3, -0.25) is 9.36 Å². The molecule has 1 aromatic carbocycles. The highest BCUT2D eigenvalue weighted by atomic mass is 16.1. The van der Waals surface area contributed by atoms with Gasteiger partial charge < -0.3 is 5.73 Å². The molecule has 1 heterocycles. The minimum atomic E-state index is -0.0539. The Morgan fingerprint density at radius 1 is 1.50 bits per heavy atom. The van der Waals surface area contributed by atoms with E-state index in [-0.39, 0.29) is 11.6 Å². The molecule has 2 rings (SSSR count). The summed E-state index contributed by atoms with van der Waals surface area (Å²) >= 11 is 0. The largest absolute Gasteiger partial charge is 0.326 e. The third-order valence-corrected chi connectivity index (χ3v) is 2.46. The van der Waals surface area contributed by atoms with Crippen molar-refractivity contribution in [1.29, 1.82) is 0 Å². The molecule has 4 heteroatoms. The normalized spacial score (nSPS) is 12.9. The van der Waals surface area contributed by atoms with Gasteiger partial charge in [0.15, 0.2) is 0 Å². The van der Waals surface area contributed by atoms with Crippen LogP contribution in [-0.4, -0.2) is 15.6 Å². The van der Waals surface area contributed by atoms with E-state index < -0.39 is 0 Å². The number of aryl methyl sites for hydroxylation is 1. The molecule has 4 nitrogen and oxygen atoms in total. The topological polar surface area (TPSA) is 60.9 Å². The van der Waals surface area contributed by atoms with Crippen LogP contribution in [-0.2, 0) is 6.54 Å². The molecular weight excluding hydrogens is 202 g/mol. The molecule has 0 radical (unpaired) electrons. The fourth-order valence-electron chi connectivity index (χ4n) is 1.71. The highest BCUT2D eigenvalue weighted by Crippen LogP contribution is 2.08. The van der Waals surface area contributed by atoms with Crippen LogP contribution in [0.5, 0.6) is 0 Å². The van der Waals surface area contributed by atoms with Crippen molar-refractivity contribution >= 4 is 10.9 Å². The van der Waals surface area contributed by atoms with Crippen molar-refractivity contribution in [1.82, 2.24) is 9.55 Å². The van der Waals surface area contributed by atoms with E-state index in [0.717, 1.165) is 11.1 Å². The van der Waals surface area contributed by atoms with Crippen LogP contribution in [0.15, 0.2) is 29.3 Å². The molecule has 0 amide bonds. The highest BCUT2D eigenvalue weighted by Gasteiger charge is 2.05. The van der Waals surface area contributed by atoms with Gasteiger partial charge in [-0.1, -0.05) is 11.6 Å². The molecule has 1 atom stereocenters. The summed E-state index contributed by atoms with van der Waals surface area (Å²) in [5.41, 5.74) is 7.45. The predicted molar refractivity (Wildman–Crippen MR) is 64.4 cm³/mol. The van der Waals surface area contributed by atoms with Gasteiger partial charge in [0, 0.05) is 12.6 Å². The van der Waals surface area contributed by atoms with Crippen LogP contribution in [0.25, 0.3) is 10.9 Å². The summed E-state index contributed by atoms with van der Waals surface area (Å²) < 4.78 is 1.56. The zero-order chi connectivity index (χ0) is 11.7. The van der Waals surface area contributed by atoms with Crippen molar-refractivity contribution in [3.05, 3.63) is 40.4 Å². The minimum absolute atomic E-state index is 0.0222. The average Bonchev–Trinajstić information content (AvgIpc) is 2.22. The van der Waals surface area contributed by atoms with Crippen LogP contribution >= 0.6 is 0 Å². The van der Waals surface area contributed by atoms with Crippen molar-refractivity contribution in [2.24, 2.45) is 5.73 Å². The van der Waals surface area contributed by atoms with E-state index >= 15 is 0 Å². The maximum Gasteiger partial charge on any atom is 0.261 e. The third-order valence-electron chi connectivity index (χ3n) is 2.46. The monoisotopic (exact) mass is 217 g/mol. The van der Waals surface area contributed by atoms with Crippen molar-refractivity contribution in [2.45, 2.75) is 26.4 Å². The van der Waals surface area contributed by atoms with Crippen molar-refractivity contribution in [3.63, 3.8) is 0 Å². The van der Waals surface area contributed by atoms with Gasteiger partial charge in [0.05, 0.1) is 17.2 Å². The van der Waals surface area contributed by atoms with Gasteiger partial charge >= 0.3 is 0 Å². The Morgan fingerprint density at radius 3 is 2.94 bits per heavy atom. The van der Waals surface area contributed by atoms with Crippen LogP contribution in [0.4, 0.5) is 0 Å². The number of rotatable bonds is 2. The Kier molecular flexibility index (Phi) is 2.75. The van der Waals surface area contributed by atoms with E-state index in [1.165, 1.54) is 0 Å². The molecule has 1 aromatic heterocycles. The Morgan fingerprint density at radius 2 is 2.25 bits per heavy atom. The number of fused-ring (bicyclic) bond motifs is 1. The van der Waals surface area contributed by atoms with Crippen LogP contribution in [0.3, 0.4) is 0 Å². The zero-order valence-corrected chi connectivity index (χ0v) is 9.47. The van der Waals surface area contributed by atoms with Gasteiger partial charge in [-0.25, -0.2) is 4.98 Å². The molecule has 84 valence electrons. The lowest BCUT2D eigenvalue weighted by atomic mass is 10.2. The Balaban J connectivity index is 2.64.